The Kier molecular flexibility index (Phi) is 7.38. The maximum absolute atomic E-state index is 13.0. The Morgan fingerprint density at radius 3 is 2.70 bits per heavy atom. The summed E-state index contributed by atoms with van der Waals surface area (Å²) in [6, 6.07) is -1.05. The van der Waals surface area contributed by atoms with Gasteiger partial charge in [0.25, 0.3) is 11.8 Å². The lowest BCUT2D eigenvalue weighted by atomic mass is 10.0. The van der Waals surface area contributed by atoms with Gasteiger partial charge in [-0.3, -0.25) is 14.5 Å². The van der Waals surface area contributed by atoms with Gasteiger partial charge in [-0.1, -0.05) is 16.9 Å². The van der Waals surface area contributed by atoms with E-state index in [-0.39, 0.29) is 38.9 Å². The van der Waals surface area contributed by atoms with E-state index in [9.17, 15) is 32.7 Å². The number of hydrogen-bond donors (Lipinski definition) is 3. The van der Waals surface area contributed by atoms with Crippen LogP contribution in [0.2, 0.25) is 0 Å². The molecule has 198 valence electrons. The molecular formula is C18H17F3N8O5S3. The Hall–Kier alpha value is -3.32. The van der Waals surface area contributed by atoms with Gasteiger partial charge in [0.15, 0.2) is 16.0 Å². The van der Waals surface area contributed by atoms with E-state index < -0.39 is 41.2 Å². The number of amides is 2. The number of aromatic nitrogens is 4. The Balaban J connectivity index is 1.49. The molecule has 1 saturated heterocycles. The SMILES string of the molecule is CO/N=C(\C(=O)N[C@@H]1C(=O)N2C(C(=O)O)=C(CSc3nnc(C(F)(F)F)n3C)CS[C@H]12)c1csc(N)n1. The first-order valence-electron chi connectivity index (χ1n) is 10.1. The van der Waals surface area contributed by atoms with Crippen LogP contribution < -0.4 is 11.1 Å². The molecule has 0 bridgehead atoms. The maximum Gasteiger partial charge on any atom is 0.451 e. The van der Waals surface area contributed by atoms with Gasteiger partial charge >= 0.3 is 12.1 Å². The Bertz CT molecular complexity index is 1320. The van der Waals surface area contributed by atoms with Crippen LogP contribution in [0.3, 0.4) is 0 Å². The highest BCUT2D eigenvalue weighted by molar-refractivity contribution is 8.01. The number of rotatable bonds is 8. The van der Waals surface area contributed by atoms with Gasteiger partial charge in [-0.15, -0.1) is 33.3 Å². The van der Waals surface area contributed by atoms with Crippen LogP contribution in [0.15, 0.2) is 27.0 Å². The quantitative estimate of drug-likeness (QED) is 0.174. The summed E-state index contributed by atoms with van der Waals surface area (Å²) >= 11 is 3.14. The highest BCUT2D eigenvalue weighted by atomic mass is 32.2. The van der Waals surface area contributed by atoms with Gasteiger partial charge in [0.05, 0.1) is 0 Å². The van der Waals surface area contributed by atoms with Crippen molar-refractivity contribution in [3.05, 3.63) is 28.2 Å². The number of oxime groups is 1. The molecule has 0 aliphatic carbocycles. The number of aliphatic carboxylic acids is 1. The van der Waals surface area contributed by atoms with Gasteiger partial charge in [0.2, 0.25) is 5.82 Å². The van der Waals surface area contributed by atoms with E-state index in [1.165, 1.54) is 24.3 Å². The molecular weight excluding hydrogens is 561 g/mol. The number of nitrogens with zero attached hydrogens (tertiary/aromatic N) is 6. The van der Waals surface area contributed by atoms with Gasteiger partial charge in [-0.2, -0.15) is 13.2 Å². The number of nitrogens with two attached hydrogens (primary N) is 1. The fraction of sp³-hybridized carbons (Fsp3) is 0.389. The standard InChI is InChI=1S/C18H17F3N8O5S3/c1-28-15(18(19,20)21)25-26-17(28)37-4-6-3-35-13-9(12(31)29(13)10(6)14(32)33)24-11(30)8(27-34-2)7-5-36-16(22)23-7/h5,9,13H,3-4H2,1-2H3,(H2,22,23)(H,24,30)(H,32,33)/b27-8-/t9-,13-/m1/s1. The van der Waals surface area contributed by atoms with Crippen LogP contribution in [-0.4, -0.2) is 83.3 Å². The van der Waals surface area contributed by atoms with Crippen molar-refractivity contribution < 1.29 is 37.5 Å². The molecule has 4 heterocycles. The fourth-order valence-corrected chi connectivity index (χ4v) is 6.48. The first-order valence-corrected chi connectivity index (χ1v) is 13.0. The van der Waals surface area contributed by atoms with E-state index in [0.29, 0.717) is 5.57 Å². The molecule has 0 spiro atoms. The van der Waals surface area contributed by atoms with Gasteiger partial charge in [0.1, 0.15) is 29.9 Å². The average Bonchev–Trinajstić information content (AvgIpc) is 3.43. The lowest BCUT2D eigenvalue weighted by Gasteiger charge is -2.49. The first-order chi connectivity index (χ1) is 17.4. The number of alkyl halides is 3. The van der Waals surface area contributed by atoms with Gasteiger partial charge in [-0.25, -0.2) is 9.78 Å². The number of carbonyl (C=O) groups excluding carboxylic acids is 2. The van der Waals surface area contributed by atoms with Crippen molar-refractivity contribution in [3.63, 3.8) is 0 Å². The second-order valence-electron chi connectivity index (χ2n) is 7.46. The molecule has 37 heavy (non-hydrogen) atoms. The van der Waals surface area contributed by atoms with Gasteiger partial charge in [0, 0.05) is 23.9 Å². The predicted octanol–water partition coefficient (Wildman–Crippen LogP) is 0.754. The maximum atomic E-state index is 13.0. The number of nitrogen functional groups attached to an aromatic ring is 1. The molecule has 13 nitrogen and oxygen atoms in total. The van der Waals surface area contributed by atoms with Gasteiger partial charge in [-0.05, 0) is 5.57 Å². The van der Waals surface area contributed by atoms with E-state index in [4.69, 9.17) is 10.6 Å². The van der Waals surface area contributed by atoms with Gasteiger partial charge < -0.3 is 25.6 Å². The van der Waals surface area contributed by atoms with Crippen molar-refractivity contribution in [2.75, 3.05) is 24.3 Å². The highest BCUT2D eigenvalue weighted by Gasteiger charge is 2.54. The summed E-state index contributed by atoms with van der Waals surface area (Å²) in [6.45, 7) is 0. The summed E-state index contributed by atoms with van der Waals surface area (Å²) in [5.41, 5.74) is 5.56. The number of β-lactam (4-membered cyclic amide) rings is 1. The van der Waals surface area contributed by atoms with Crippen LogP contribution in [0.25, 0.3) is 0 Å². The summed E-state index contributed by atoms with van der Waals surface area (Å²) in [6.07, 6.45) is -4.69. The molecule has 4 rings (SSSR count). The largest absolute Gasteiger partial charge is 0.477 e. The smallest absolute Gasteiger partial charge is 0.451 e. The van der Waals surface area contributed by atoms with E-state index in [1.807, 2.05) is 0 Å². The number of hydrogen-bond acceptors (Lipinski definition) is 12. The summed E-state index contributed by atoms with van der Waals surface area (Å²) in [7, 11) is 2.38. The molecule has 0 saturated carbocycles. The Labute approximate surface area is 218 Å². The zero-order valence-electron chi connectivity index (χ0n) is 18.8. The van der Waals surface area contributed by atoms with Crippen LogP contribution in [0.1, 0.15) is 11.5 Å². The number of halogens is 3. The number of nitrogens with one attached hydrogen (secondary N) is 1. The number of anilines is 1. The van der Waals surface area contributed by atoms with Crippen LogP contribution in [0.4, 0.5) is 18.3 Å². The lowest BCUT2D eigenvalue weighted by Crippen LogP contribution is -2.71. The summed E-state index contributed by atoms with van der Waals surface area (Å²) in [4.78, 5) is 47.4. The molecule has 0 aromatic carbocycles. The molecule has 1 fully saturated rings. The number of carbonyl (C=O) groups is 3. The molecule has 0 radical (unpaired) electrons. The lowest BCUT2D eigenvalue weighted by molar-refractivity contribution is -0.150. The van der Waals surface area contributed by atoms with Crippen molar-refractivity contribution in [3.8, 4) is 0 Å². The second kappa shape index (κ2) is 10.2. The summed E-state index contributed by atoms with van der Waals surface area (Å²) in [5, 5.41) is 23.5. The second-order valence-corrected chi connectivity index (χ2v) is 10.4. The number of carboxylic acids is 1. The van der Waals surface area contributed by atoms with Crippen LogP contribution in [0, 0.1) is 0 Å². The Morgan fingerprint density at radius 1 is 1.41 bits per heavy atom. The van der Waals surface area contributed by atoms with Crippen molar-refractivity contribution in [1.82, 2.24) is 30.0 Å². The minimum atomic E-state index is -4.69. The average molecular weight is 579 g/mol. The Morgan fingerprint density at radius 2 is 2.14 bits per heavy atom. The third-order valence-corrected chi connectivity index (χ3v) is 8.28. The predicted molar refractivity (Wildman–Crippen MR) is 126 cm³/mol. The molecule has 2 atom stereocenters. The minimum absolute atomic E-state index is 0.0398. The molecule has 19 heteroatoms. The molecule has 2 aliphatic heterocycles. The first kappa shape index (κ1) is 26.7. The summed E-state index contributed by atoms with van der Waals surface area (Å²) in [5.74, 6) is -3.89. The number of fused-ring (bicyclic) bond motifs is 1. The molecule has 0 unspecified atom stereocenters. The number of thioether (sulfide) groups is 2. The topological polar surface area (TPSA) is 178 Å². The van der Waals surface area contributed by atoms with E-state index in [0.717, 1.165) is 39.6 Å². The molecule has 2 aromatic heterocycles. The molecule has 2 aromatic rings. The zero-order valence-corrected chi connectivity index (χ0v) is 21.3. The molecule has 2 aliphatic rings. The third-order valence-electron chi connectivity index (χ3n) is 5.16. The van der Waals surface area contributed by atoms with E-state index in [1.54, 1.807) is 0 Å². The zero-order chi connectivity index (χ0) is 27.1. The fourth-order valence-electron chi connectivity index (χ4n) is 3.54. The van der Waals surface area contributed by atoms with Crippen molar-refractivity contribution in [2.24, 2.45) is 12.2 Å². The van der Waals surface area contributed by atoms with E-state index in [2.05, 4.69) is 25.7 Å². The number of carboxylic acid groups (broad SMARTS) is 1. The van der Waals surface area contributed by atoms with E-state index >= 15 is 0 Å². The third kappa shape index (κ3) is 5.10. The molecule has 2 amide bonds. The highest BCUT2D eigenvalue weighted by Crippen LogP contribution is 2.41. The normalized spacial score (nSPS) is 20.0. The van der Waals surface area contributed by atoms with Crippen LogP contribution in [-0.2, 0) is 32.4 Å². The number of thiazole rings is 1. The van der Waals surface area contributed by atoms with Crippen molar-refractivity contribution in [2.45, 2.75) is 22.7 Å². The van der Waals surface area contributed by atoms with Crippen LogP contribution in [0.5, 0.6) is 0 Å². The van der Waals surface area contributed by atoms with Crippen molar-refractivity contribution >= 4 is 63.5 Å². The summed E-state index contributed by atoms with van der Waals surface area (Å²) < 4.78 is 39.7. The van der Waals surface area contributed by atoms with Crippen molar-refractivity contribution in [1.29, 1.82) is 0 Å². The monoisotopic (exact) mass is 578 g/mol. The molecule has 4 N–H and O–H groups in total. The minimum Gasteiger partial charge on any atom is -0.477 e. The van der Waals surface area contributed by atoms with Crippen LogP contribution >= 0.6 is 34.9 Å².